The molecule has 1 aromatic carbocycles. The minimum Gasteiger partial charge on any atom is -0.444 e. The summed E-state index contributed by atoms with van der Waals surface area (Å²) in [6.45, 7) is 7.52. The number of carbonyl (C=O) groups is 2. The monoisotopic (exact) mass is 366 g/mol. The van der Waals surface area contributed by atoms with Crippen LogP contribution in [0.4, 0.5) is 4.79 Å². The first kappa shape index (κ1) is 21.9. The van der Waals surface area contributed by atoms with Gasteiger partial charge in [0.25, 0.3) is 0 Å². The first-order valence-electron chi connectivity index (χ1n) is 8.58. The Kier molecular flexibility index (Phi) is 8.54. The van der Waals surface area contributed by atoms with Crippen LogP contribution >= 0.6 is 0 Å². The Hall–Kier alpha value is -2.12. The van der Waals surface area contributed by atoms with Gasteiger partial charge in [-0.3, -0.25) is 9.63 Å². The Morgan fingerprint density at radius 3 is 2.35 bits per heavy atom. The van der Waals surface area contributed by atoms with Gasteiger partial charge >= 0.3 is 6.09 Å². The zero-order chi connectivity index (χ0) is 19.7. The molecule has 0 radical (unpaired) electrons. The summed E-state index contributed by atoms with van der Waals surface area (Å²) < 4.78 is 11.1. The number of alkyl carbamates (subject to hydrolysis) is 1. The first-order chi connectivity index (χ1) is 12.1. The van der Waals surface area contributed by atoms with Crippen molar-refractivity contribution in [3.05, 3.63) is 35.9 Å². The number of amides is 2. The molecule has 26 heavy (non-hydrogen) atoms. The third-order valence-corrected chi connectivity index (χ3v) is 3.64. The van der Waals surface area contributed by atoms with Crippen LogP contribution in [-0.4, -0.2) is 49.0 Å². The molecule has 0 fully saturated rings. The van der Waals surface area contributed by atoms with Crippen molar-refractivity contribution in [2.75, 3.05) is 14.2 Å². The molecule has 1 aromatic rings. The highest BCUT2D eigenvalue weighted by Crippen LogP contribution is 2.12. The molecule has 2 amide bonds. The Bertz CT molecular complexity index is 571. The molecule has 7 nitrogen and oxygen atoms in total. The van der Waals surface area contributed by atoms with Gasteiger partial charge in [0.05, 0.1) is 32.3 Å². The van der Waals surface area contributed by atoms with Gasteiger partial charge in [0.2, 0.25) is 5.91 Å². The predicted molar refractivity (Wildman–Crippen MR) is 98.2 cm³/mol. The third kappa shape index (κ3) is 8.31. The zero-order valence-corrected chi connectivity index (χ0v) is 16.4. The molecule has 0 saturated heterocycles. The molecule has 1 rings (SSSR count). The predicted octanol–water partition coefficient (Wildman–Crippen LogP) is 2.89. The van der Waals surface area contributed by atoms with Gasteiger partial charge in [0.1, 0.15) is 5.60 Å². The molecular weight excluding hydrogens is 336 g/mol. The topological polar surface area (TPSA) is 77.1 Å². The molecule has 7 heteroatoms. The summed E-state index contributed by atoms with van der Waals surface area (Å²) in [5.41, 5.74) is 0.381. The van der Waals surface area contributed by atoms with Crippen LogP contribution in [0.25, 0.3) is 0 Å². The fraction of sp³-hybridized carbons (Fsp3) is 0.579. The van der Waals surface area contributed by atoms with E-state index in [2.05, 4.69) is 5.32 Å². The fourth-order valence-corrected chi connectivity index (χ4v) is 2.13. The second-order valence-electron chi connectivity index (χ2n) is 7.03. The molecule has 0 heterocycles. The van der Waals surface area contributed by atoms with E-state index in [9.17, 15) is 9.59 Å². The maximum Gasteiger partial charge on any atom is 0.407 e. The third-order valence-electron chi connectivity index (χ3n) is 3.64. The second kappa shape index (κ2) is 10.1. The van der Waals surface area contributed by atoms with Crippen molar-refractivity contribution in [1.82, 2.24) is 10.4 Å². The molecule has 0 saturated carbocycles. The molecule has 0 aliphatic rings. The summed E-state index contributed by atoms with van der Waals surface area (Å²) in [5.74, 6) is -0.274. The maximum atomic E-state index is 12.2. The number of hydrogen-bond donors (Lipinski definition) is 1. The molecule has 1 N–H and O–H groups in total. The van der Waals surface area contributed by atoms with Crippen LogP contribution in [0.5, 0.6) is 0 Å². The van der Waals surface area contributed by atoms with E-state index >= 15 is 0 Å². The van der Waals surface area contributed by atoms with Crippen LogP contribution in [-0.2, 0) is 25.7 Å². The minimum absolute atomic E-state index is 0.0273. The molecule has 0 aliphatic carbocycles. The lowest BCUT2D eigenvalue weighted by Gasteiger charge is -2.28. The Morgan fingerprint density at radius 2 is 1.81 bits per heavy atom. The van der Waals surface area contributed by atoms with E-state index in [1.807, 2.05) is 37.3 Å². The highest BCUT2D eigenvalue weighted by atomic mass is 16.7. The molecule has 2 atom stereocenters. The first-order valence-corrected chi connectivity index (χ1v) is 8.58. The van der Waals surface area contributed by atoms with E-state index < -0.39 is 23.8 Å². The van der Waals surface area contributed by atoms with Crippen molar-refractivity contribution in [3.8, 4) is 0 Å². The van der Waals surface area contributed by atoms with Gasteiger partial charge in [0.15, 0.2) is 0 Å². The average Bonchev–Trinajstić information content (AvgIpc) is 2.57. The summed E-state index contributed by atoms with van der Waals surface area (Å²) in [7, 11) is 2.92. The van der Waals surface area contributed by atoms with Gasteiger partial charge in [0, 0.05) is 7.05 Å². The van der Waals surface area contributed by atoms with Crippen molar-refractivity contribution >= 4 is 12.0 Å². The standard InChI is InChI=1S/C19H30N2O5/c1-14(25-13-15-10-8-7-9-11-15)16(12-17(22)21(5)24-6)20-18(23)26-19(2,3)4/h7-11,14,16H,12-13H2,1-6H3,(H,20,23)/t14-,16-/m1/s1. The molecule has 146 valence electrons. The lowest BCUT2D eigenvalue weighted by atomic mass is 10.1. The summed E-state index contributed by atoms with van der Waals surface area (Å²) in [6.07, 6.45) is -0.970. The summed E-state index contributed by atoms with van der Waals surface area (Å²) >= 11 is 0. The summed E-state index contributed by atoms with van der Waals surface area (Å²) in [6, 6.07) is 9.13. The van der Waals surface area contributed by atoms with Crippen molar-refractivity contribution in [3.63, 3.8) is 0 Å². The number of hydroxylamine groups is 2. The van der Waals surface area contributed by atoms with Gasteiger partial charge in [-0.15, -0.1) is 0 Å². The Labute approximate surface area is 155 Å². The summed E-state index contributed by atoms with van der Waals surface area (Å²) in [5, 5.41) is 3.85. The van der Waals surface area contributed by atoms with Crippen LogP contribution in [0.3, 0.4) is 0 Å². The Balaban J connectivity index is 2.74. The van der Waals surface area contributed by atoms with Crippen LogP contribution < -0.4 is 5.32 Å². The number of rotatable bonds is 8. The molecule has 0 aromatic heterocycles. The van der Waals surface area contributed by atoms with Gasteiger partial charge in [-0.25, -0.2) is 9.86 Å². The highest BCUT2D eigenvalue weighted by Gasteiger charge is 2.27. The molecule has 0 aliphatic heterocycles. The smallest absolute Gasteiger partial charge is 0.407 e. The van der Waals surface area contributed by atoms with Gasteiger partial charge < -0.3 is 14.8 Å². The van der Waals surface area contributed by atoms with Crippen LogP contribution in [0, 0.1) is 0 Å². The largest absolute Gasteiger partial charge is 0.444 e. The Morgan fingerprint density at radius 1 is 1.19 bits per heavy atom. The number of nitrogens with zero attached hydrogens (tertiary/aromatic N) is 1. The fourth-order valence-electron chi connectivity index (χ4n) is 2.13. The van der Waals surface area contributed by atoms with Crippen LogP contribution in [0.2, 0.25) is 0 Å². The van der Waals surface area contributed by atoms with E-state index in [-0.39, 0.29) is 12.3 Å². The zero-order valence-electron chi connectivity index (χ0n) is 16.4. The van der Waals surface area contributed by atoms with Crippen molar-refractivity contribution in [2.45, 2.75) is 58.5 Å². The minimum atomic E-state index is -0.629. The van der Waals surface area contributed by atoms with Gasteiger partial charge in [-0.1, -0.05) is 30.3 Å². The molecule has 0 spiro atoms. The van der Waals surface area contributed by atoms with Gasteiger partial charge in [-0.2, -0.15) is 0 Å². The maximum absolute atomic E-state index is 12.2. The van der Waals surface area contributed by atoms with Crippen molar-refractivity contribution in [1.29, 1.82) is 0 Å². The van der Waals surface area contributed by atoms with E-state index in [0.717, 1.165) is 10.6 Å². The average molecular weight is 366 g/mol. The van der Waals surface area contributed by atoms with E-state index in [1.54, 1.807) is 20.8 Å². The quantitative estimate of drug-likeness (QED) is 0.716. The highest BCUT2D eigenvalue weighted by molar-refractivity contribution is 5.77. The number of benzene rings is 1. The molecular formula is C19H30N2O5. The molecule has 0 unspecified atom stereocenters. The van der Waals surface area contributed by atoms with E-state index in [1.165, 1.54) is 14.2 Å². The number of carbonyl (C=O) groups excluding carboxylic acids is 2. The summed E-state index contributed by atoms with van der Waals surface area (Å²) in [4.78, 5) is 29.2. The van der Waals surface area contributed by atoms with Crippen molar-refractivity contribution in [2.24, 2.45) is 0 Å². The van der Waals surface area contributed by atoms with E-state index in [0.29, 0.717) is 6.61 Å². The normalized spacial score (nSPS) is 13.6. The van der Waals surface area contributed by atoms with Crippen molar-refractivity contribution < 1.29 is 23.9 Å². The number of ether oxygens (including phenoxy) is 2. The lowest BCUT2D eigenvalue weighted by Crippen LogP contribution is -2.47. The van der Waals surface area contributed by atoms with Crippen LogP contribution in [0.1, 0.15) is 39.7 Å². The van der Waals surface area contributed by atoms with Crippen LogP contribution in [0.15, 0.2) is 30.3 Å². The van der Waals surface area contributed by atoms with Gasteiger partial charge in [-0.05, 0) is 33.3 Å². The lowest BCUT2D eigenvalue weighted by molar-refractivity contribution is -0.170. The SMILES string of the molecule is CON(C)C(=O)C[C@@H](NC(=O)OC(C)(C)C)[C@@H](C)OCc1ccccc1. The second-order valence-corrected chi connectivity index (χ2v) is 7.03. The number of hydrogen-bond acceptors (Lipinski definition) is 5. The molecule has 0 bridgehead atoms. The van der Waals surface area contributed by atoms with E-state index in [4.69, 9.17) is 14.3 Å². The number of nitrogens with one attached hydrogen (secondary N) is 1.